The molecule has 0 bridgehead atoms. The van der Waals surface area contributed by atoms with Crippen LogP contribution in [0.2, 0.25) is 0 Å². The van der Waals surface area contributed by atoms with Crippen molar-refractivity contribution < 1.29 is 9.21 Å². The van der Waals surface area contributed by atoms with E-state index >= 15 is 0 Å². The SMILES string of the molecule is Cl.NCc1cc(C(=O)NCCCCCc2ccccc2)co1. The second-order valence-electron chi connectivity index (χ2n) is 5.06. The van der Waals surface area contributed by atoms with E-state index < -0.39 is 0 Å². The zero-order valence-electron chi connectivity index (χ0n) is 12.6. The molecule has 0 unspecified atom stereocenters. The molecule has 0 saturated heterocycles. The standard InChI is InChI=1S/C17H22N2O2.ClH/c18-12-16-11-15(13-21-16)17(20)19-10-6-2-5-9-14-7-3-1-4-8-14;/h1,3-4,7-8,11,13H,2,5-6,9-10,12,18H2,(H,19,20);1H. The van der Waals surface area contributed by atoms with Gasteiger partial charge < -0.3 is 15.5 Å². The Labute approximate surface area is 137 Å². The van der Waals surface area contributed by atoms with Crippen LogP contribution >= 0.6 is 12.4 Å². The minimum atomic E-state index is -0.0958. The quantitative estimate of drug-likeness (QED) is 0.733. The number of halogens is 1. The Kier molecular flexibility index (Phi) is 8.33. The van der Waals surface area contributed by atoms with Crippen LogP contribution in [0, 0.1) is 0 Å². The van der Waals surface area contributed by atoms with Crippen LogP contribution in [0.15, 0.2) is 47.1 Å². The lowest BCUT2D eigenvalue weighted by Gasteiger charge is -2.04. The highest BCUT2D eigenvalue weighted by Gasteiger charge is 2.08. The number of aryl methyl sites for hydroxylation is 1. The maximum absolute atomic E-state index is 11.8. The van der Waals surface area contributed by atoms with Crippen molar-refractivity contribution >= 4 is 18.3 Å². The first-order chi connectivity index (χ1) is 10.3. The van der Waals surface area contributed by atoms with Crippen LogP contribution < -0.4 is 11.1 Å². The summed E-state index contributed by atoms with van der Waals surface area (Å²) in [7, 11) is 0. The van der Waals surface area contributed by atoms with E-state index in [1.54, 1.807) is 6.07 Å². The van der Waals surface area contributed by atoms with Crippen molar-refractivity contribution in [2.45, 2.75) is 32.2 Å². The lowest BCUT2D eigenvalue weighted by molar-refractivity contribution is 0.0952. The molecule has 0 spiro atoms. The summed E-state index contributed by atoms with van der Waals surface area (Å²) in [6.07, 6.45) is 5.78. The summed E-state index contributed by atoms with van der Waals surface area (Å²) in [5, 5.41) is 2.90. The third-order valence-corrected chi connectivity index (χ3v) is 3.39. The van der Waals surface area contributed by atoms with Crippen molar-refractivity contribution in [3.8, 4) is 0 Å². The molecule has 22 heavy (non-hydrogen) atoms. The fraction of sp³-hybridized carbons (Fsp3) is 0.353. The lowest BCUT2D eigenvalue weighted by atomic mass is 10.1. The Morgan fingerprint density at radius 1 is 1.14 bits per heavy atom. The van der Waals surface area contributed by atoms with E-state index in [4.69, 9.17) is 10.2 Å². The number of amides is 1. The molecule has 1 heterocycles. The van der Waals surface area contributed by atoms with Crippen LogP contribution in [-0.4, -0.2) is 12.5 Å². The van der Waals surface area contributed by atoms with E-state index in [9.17, 15) is 4.79 Å². The number of rotatable bonds is 8. The molecule has 120 valence electrons. The van der Waals surface area contributed by atoms with Gasteiger partial charge in [0.15, 0.2) is 0 Å². The molecule has 1 aromatic heterocycles. The number of carbonyl (C=O) groups excluding carboxylic acids is 1. The predicted octanol–water partition coefficient (Wildman–Crippen LogP) is 3.30. The molecule has 0 fully saturated rings. The third kappa shape index (κ3) is 5.92. The molecule has 0 aliphatic carbocycles. The van der Waals surface area contributed by atoms with Gasteiger partial charge in [0.2, 0.25) is 0 Å². The number of benzene rings is 1. The van der Waals surface area contributed by atoms with Crippen LogP contribution in [0.25, 0.3) is 0 Å². The maximum Gasteiger partial charge on any atom is 0.254 e. The fourth-order valence-electron chi connectivity index (χ4n) is 2.19. The maximum atomic E-state index is 11.8. The zero-order valence-corrected chi connectivity index (χ0v) is 13.4. The largest absolute Gasteiger partial charge is 0.467 e. The first kappa shape index (κ1) is 18.3. The highest BCUT2D eigenvalue weighted by molar-refractivity contribution is 5.93. The van der Waals surface area contributed by atoms with E-state index in [-0.39, 0.29) is 18.3 Å². The van der Waals surface area contributed by atoms with Gasteiger partial charge in [-0.15, -0.1) is 12.4 Å². The molecule has 0 aliphatic heterocycles. The van der Waals surface area contributed by atoms with Crippen LogP contribution in [0.5, 0.6) is 0 Å². The van der Waals surface area contributed by atoms with Gasteiger partial charge >= 0.3 is 0 Å². The summed E-state index contributed by atoms with van der Waals surface area (Å²) in [4.78, 5) is 11.8. The molecule has 1 amide bonds. The molecule has 0 aliphatic rings. The molecule has 0 radical (unpaired) electrons. The average Bonchev–Trinajstić information content (AvgIpc) is 3.00. The van der Waals surface area contributed by atoms with Crippen LogP contribution in [0.3, 0.4) is 0 Å². The molecule has 4 nitrogen and oxygen atoms in total. The van der Waals surface area contributed by atoms with Gasteiger partial charge in [-0.2, -0.15) is 0 Å². The van der Waals surface area contributed by atoms with Crippen LogP contribution in [0.4, 0.5) is 0 Å². The molecule has 3 N–H and O–H groups in total. The first-order valence-corrected chi connectivity index (χ1v) is 7.39. The lowest BCUT2D eigenvalue weighted by Crippen LogP contribution is -2.23. The van der Waals surface area contributed by atoms with Gasteiger partial charge in [-0.3, -0.25) is 4.79 Å². The van der Waals surface area contributed by atoms with Crippen molar-refractivity contribution in [3.63, 3.8) is 0 Å². The summed E-state index contributed by atoms with van der Waals surface area (Å²) in [6, 6.07) is 12.1. The Morgan fingerprint density at radius 3 is 2.59 bits per heavy atom. The normalized spacial score (nSPS) is 10.0. The smallest absolute Gasteiger partial charge is 0.254 e. The van der Waals surface area contributed by atoms with E-state index in [0.717, 1.165) is 25.7 Å². The van der Waals surface area contributed by atoms with Gasteiger partial charge in [0.05, 0.1) is 12.1 Å². The number of hydrogen-bond acceptors (Lipinski definition) is 3. The Morgan fingerprint density at radius 2 is 1.91 bits per heavy atom. The Bertz CT molecular complexity index is 555. The second-order valence-corrected chi connectivity index (χ2v) is 5.06. The molecular weight excluding hydrogens is 300 g/mol. The Balaban J connectivity index is 0.00000242. The number of furan rings is 1. The van der Waals surface area contributed by atoms with Crippen molar-refractivity contribution in [1.29, 1.82) is 0 Å². The van der Waals surface area contributed by atoms with Gasteiger partial charge in [-0.05, 0) is 30.9 Å². The summed E-state index contributed by atoms with van der Waals surface area (Å²) in [5.41, 5.74) is 7.35. The third-order valence-electron chi connectivity index (χ3n) is 3.39. The number of carbonyl (C=O) groups is 1. The predicted molar refractivity (Wildman–Crippen MR) is 90.2 cm³/mol. The van der Waals surface area contributed by atoms with E-state index in [2.05, 4.69) is 29.6 Å². The highest BCUT2D eigenvalue weighted by Crippen LogP contribution is 2.08. The molecule has 0 saturated carbocycles. The summed E-state index contributed by atoms with van der Waals surface area (Å²) in [6.45, 7) is 1.00. The van der Waals surface area contributed by atoms with Crippen LogP contribution in [-0.2, 0) is 13.0 Å². The number of unbranched alkanes of at least 4 members (excludes halogenated alkanes) is 2. The average molecular weight is 323 g/mol. The summed E-state index contributed by atoms with van der Waals surface area (Å²) < 4.78 is 5.14. The first-order valence-electron chi connectivity index (χ1n) is 7.39. The minimum absolute atomic E-state index is 0. The van der Waals surface area contributed by atoms with Gasteiger partial charge in [-0.25, -0.2) is 0 Å². The summed E-state index contributed by atoms with van der Waals surface area (Å²) in [5.74, 6) is 0.532. The summed E-state index contributed by atoms with van der Waals surface area (Å²) >= 11 is 0. The zero-order chi connectivity index (χ0) is 14.9. The van der Waals surface area contributed by atoms with Gasteiger partial charge in [0.25, 0.3) is 5.91 Å². The van der Waals surface area contributed by atoms with Crippen molar-refractivity contribution in [1.82, 2.24) is 5.32 Å². The highest BCUT2D eigenvalue weighted by atomic mass is 35.5. The van der Waals surface area contributed by atoms with Crippen molar-refractivity contribution in [2.75, 3.05) is 6.54 Å². The number of hydrogen-bond donors (Lipinski definition) is 2. The number of nitrogens with two attached hydrogens (primary N) is 1. The number of nitrogens with one attached hydrogen (secondary N) is 1. The Hall–Kier alpha value is -1.78. The second kappa shape index (κ2) is 10.0. The molecule has 2 aromatic rings. The molecule has 0 atom stereocenters. The van der Waals surface area contributed by atoms with Gasteiger partial charge in [-0.1, -0.05) is 36.8 Å². The fourth-order valence-corrected chi connectivity index (χ4v) is 2.19. The van der Waals surface area contributed by atoms with Crippen molar-refractivity contribution in [3.05, 3.63) is 59.5 Å². The molecule has 1 aromatic carbocycles. The van der Waals surface area contributed by atoms with E-state index in [1.165, 1.54) is 11.8 Å². The monoisotopic (exact) mass is 322 g/mol. The topological polar surface area (TPSA) is 68.3 Å². The van der Waals surface area contributed by atoms with Crippen molar-refractivity contribution in [2.24, 2.45) is 5.73 Å². The van der Waals surface area contributed by atoms with E-state index in [1.807, 2.05) is 6.07 Å². The van der Waals surface area contributed by atoms with Gasteiger partial charge in [0, 0.05) is 6.54 Å². The molecule has 5 heteroatoms. The molecular formula is C17H23ClN2O2. The van der Waals surface area contributed by atoms with E-state index in [0.29, 0.717) is 24.4 Å². The molecule has 2 rings (SSSR count). The van der Waals surface area contributed by atoms with Crippen LogP contribution in [0.1, 0.15) is 40.9 Å². The minimum Gasteiger partial charge on any atom is -0.467 e. The van der Waals surface area contributed by atoms with Gasteiger partial charge in [0.1, 0.15) is 12.0 Å².